The topological polar surface area (TPSA) is 46.5 Å². The standard InChI is InChI=1S/C17H17FO3/c1-21-17(20)16-4-2-3-13(11-19)15(16)10-7-12-5-8-14(18)9-6-12/h2-6,8-9,19H,7,10-11H2,1H3. The van der Waals surface area contributed by atoms with Gasteiger partial charge in [-0.1, -0.05) is 24.3 Å². The summed E-state index contributed by atoms with van der Waals surface area (Å²) in [5.41, 5.74) is 2.92. The summed E-state index contributed by atoms with van der Waals surface area (Å²) in [5, 5.41) is 9.43. The third-order valence-electron chi connectivity index (χ3n) is 3.43. The van der Waals surface area contributed by atoms with Gasteiger partial charge in [-0.15, -0.1) is 0 Å². The van der Waals surface area contributed by atoms with Crippen LogP contribution in [0.4, 0.5) is 4.39 Å². The first-order chi connectivity index (χ1) is 10.2. The number of ether oxygens (including phenoxy) is 1. The van der Waals surface area contributed by atoms with Gasteiger partial charge in [-0.2, -0.15) is 0 Å². The van der Waals surface area contributed by atoms with Crippen molar-refractivity contribution in [3.63, 3.8) is 0 Å². The molecule has 2 rings (SSSR count). The zero-order valence-electron chi connectivity index (χ0n) is 11.8. The summed E-state index contributed by atoms with van der Waals surface area (Å²) in [5.74, 6) is -0.691. The molecule has 1 N–H and O–H groups in total. The molecule has 0 aromatic heterocycles. The monoisotopic (exact) mass is 288 g/mol. The average Bonchev–Trinajstić information content (AvgIpc) is 2.53. The highest BCUT2D eigenvalue weighted by Gasteiger charge is 2.14. The van der Waals surface area contributed by atoms with Crippen LogP contribution in [-0.4, -0.2) is 18.2 Å². The number of carbonyl (C=O) groups is 1. The Morgan fingerprint density at radius 1 is 1.14 bits per heavy atom. The Balaban J connectivity index is 2.25. The van der Waals surface area contributed by atoms with E-state index in [1.807, 2.05) is 0 Å². The maximum Gasteiger partial charge on any atom is 0.338 e. The zero-order chi connectivity index (χ0) is 15.2. The Labute approximate surface area is 123 Å². The predicted octanol–water partition coefficient (Wildman–Crippen LogP) is 2.89. The molecule has 0 spiro atoms. The molecule has 110 valence electrons. The average molecular weight is 288 g/mol. The van der Waals surface area contributed by atoms with Crippen LogP contribution in [0.15, 0.2) is 42.5 Å². The van der Waals surface area contributed by atoms with E-state index in [9.17, 15) is 14.3 Å². The van der Waals surface area contributed by atoms with Crippen molar-refractivity contribution in [1.29, 1.82) is 0 Å². The Bertz CT molecular complexity index is 620. The van der Waals surface area contributed by atoms with Crippen LogP contribution in [-0.2, 0) is 24.2 Å². The van der Waals surface area contributed by atoms with Gasteiger partial charge in [0.15, 0.2) is 0 Å². The van der Waals surface area contributed by atoms with Crippen molar-refractivity contribution in [2.24, 2.45) is 0 Å². The number of benzene rings is 2. The van der Waals surface area contributed by atoms with Gasteiger partial charge in [-0.25, -0.2) is 9.18 Å². The smallest absolute Gasteiger partial charge is 0.338 e. The van der Waals surface area contributed by atoms with Gasteiger partial charge in [0.25, 0.3) is 0 Å². The van der Waals surface area contributed by atoms with E-state index in [1.165, 1.54) is 19.2 Å². The molecular weight excluding hydrogens is 271 g/mol. The molecule has 0 bridgehead atoms. The first-order valence-corrected chi connectivity index (χ1v) is 6.70. The highest BCUT2D eigenvalue weighted by Crippen LogP contribution is 2.19. The zero-order valence-corrected chi connectivity index (χ0v) is 11.8. The van der Waals surface area contributed by atoms with Crippen molar-refractivity contribution < 1.29 is 19.0 Å². The quantitative estimate of drug-likeness (QED) is 0.861. The number of hydrogen-bond donors (Lipinski definition) is 1. The largest absolute Gasteiger partial charge is 0.465 e. The normalized spacial score (nSPS) is 10.4. The van der Waals surface area contributed by atoms with Crippen LogP contribution < -0.4 is 0 Å². The molecule has 0 aliphatic heterocycles. The molecule has 0 aliphatic carbocycles. The molecule has 0 radical (unpaired) electrons. The van der Waals surface area contributed by atoms with Crippen LogP contribution in [0.25, 0.3) is 0 Å². The van der Waals surface area contributed by atoms with Gasteiger partial charge in [0.2, 0.25) is 0 Å². The second kappa shape index (κ2) is 6.99. The van der Waals surface area contributed by atoms with Crippen molar-refractivity contribution in [2.75, 3.05) is 7.11 Å². The molecule has 21 heavy (non-hydrogen) atoms. The van der Waals surface area contributed by atoms with E-state index in [-0.39, 0.29) is 12.4 Å². The Kier molecular flexibility index (Phi) is 5.06. The number of rotatable bonds is 5. The molecule has 0 atom stereocenters. The van der Waals surface area contributed by atoms with E-state index >= 15 is 0 Å². The molecule has 0 amide bonds. The van der Waals surface area contributed by atoms with E-state index in [4.69, 9.17) is 4.74 Å². The summed E-state index contributed by atoms with van der Waals surface area (Å²) in [4.78, 5) is 11.8. The SMILES string of the molecule is COC(=O)c1cccc(CO)c1CCc1ccc(F)cc1. The van der Waals surface area contributed by atoms with Crippen LogP contribution in [0.2, 0.25) is 0 Å². The summed E-state index contributed by atoms with van der Waals surface area (Å²) in [6, 6.07) is 11.4. The van der Waals surface area contributed by atoms with Gasteiger partial charge in [-0.05, 0) is 47.7 Å². The van der Waals surface area contributed by atoms with E-state index in [0.29, 0.717) is 24.0 Å². The Morgan fingerprint density at radius 2 is 1.86 bits per heavy atom. The molecule has 0 saturated heterocycles. The molecular formula is C17H17FO3. The maximum atomic E-state index is 12.9. The lowest BCUT2D eigenvalue weighted by molar-refractivity contribution is 0.0599. The summed E-state index contributed by atoms with van der Waals surface area (Å²) in [6.45, 7) is -0.135. The lowest BCUT2D eigenvalue weighted by Crippen LogP contribution is -2.09. The van der Waals surface area contributed by atoms with Gasteiger partial charge in [0.1, 0.15) is 5.82 Å². The van der Waals surface area contributed by atoms with E-state index in [2.05, 4.69) is 0 Å². The minimum Gasteiger partial charge on any atom is -0.465 e. The number of aliphatic hydroxyl groups is 1. The highest BCUT2D eigenvalue weighted by molar-refractivity contribution is 5.91. The van der Waals surface area contributed by atoms with Crippen molar-refractivity contribution in [3.8, 4) is 0 Å². The van der Waals surface area contributed by atoms with E-state index < -0.39 is 5.97 Å². The number of carbonyl (C=O) groups excluding carboxylic acids is 1. The summed E-state index contributed by atoms with van der Waals surface area (Å²) in [6.07, 6.45) is 1.23. The van der Waals surface area contributed by atoms with Crippen LogP contribution in [0.3, 0.4) is 0 Å². The molecule has 2 aromatic carbocycles. The highest BCUT2D eigenvalue weighted by atomic mass is 19.1. The molecule has 0 fully saturated rings. The molecule has 0 aliphatic rings. The number of methoxy groups -OCH3 is 1. The molecule has 0 unspecified atom stereocenters. The molecule has 3 nitrogen and oxygen atoms in total. The summed E-state index contributed by atoms with van der Waals surface area (Å²) >= 11 is 0. The summed E-state index contributed by atoms with van der Waals surface area (Å²) in [7, 11) is 1.33. The lowest BCUT2D eigenvalue weighted by Gasteiger charge is -2.12. The second-order valence-electron chi connectivity index (χ2n) is 4.72. The fourth-order valence-electron chi connectivity index (χ4n) is 2.30. The van der Waals surface area contributed by atoms with Crippen LogP contribution in [0, 0.1) is 5.82 Å². The van der Waals surface area contributed by atoms with Crippen LogP contribution in [0.5, 0.6) is 0 Å². The van der Waals surface area contributed by atoms with Crippen LogP contribution >= 0.6 is 0 Å². The van der Waals surface area contributed by atoms with Gasteiger partial charge in [0, 0.05) is 0 Å². The Hall–Kier alpha value is -2.20. The minimum atomic E-state index is -0.417. The first kappa shape index (κ1) is 15.2. The fourth-order valence-corrected chi connectivity index (χ4v) is 2.30. The van der Waals surface area contributed by atoms with Gasteiger partial charge in [-0.3, -0.25) is 0 Å². The third kappa shape index (κ3) is 3.67. The fraction of sp³-hybridized carbons (Fsp3) is 0.235. The summed E-state index contributed by atoms with van der Waals surface area (Å²) < 4.78 is 17.7. The number of halogens is 1. The van der Waals surface area contributed by atoms with Gasteiger partial charge < -0.3 is 9.84 Å². The van der Waals surface area contributed by atoms with Crippen molar-refractivity contribution >= 4 is 5.97 Å². The number of aliphatic hydroxyl groups excluding tert-OH is 1. The molecule has 2 aromatic rings. The van der Waals surface area contributed by atoms with E-state index in [1.54, 1.807) is 30.3 Å². The second-order valence-corrected chi connectivity index (χ2v) is 4.72. The van der Waals surface area contributed by atoms with Crippen LogP contribution in [0.1, 0.15) is 27.0 Å². The number of aryl methyl sites for hydroxylation is 1. The molecule has 4 heteroatoms. The molecule has 0 heterocycles. The van der Waals surface area contributed by atoms with E-state index in [0.717, 1.165) is 11.1 Å². The first-order valence-electron chi connectivity index (χ1n) is 6.70. The molecule has 0 saturated carbocycles. The van der Waals surface area contributed by atoms with Crippen molar-refractivity contribution in [1.82, 2.24) is 0 Å². The lowest BCUT2D eigenvalue weighted by atomic mass is 9.95. The predicted molar refractivity (Wildman–Crippen MR) is 77.5 cm³/mol. The number of hydrogen-bond acceptors (Lipinski definition) is 3. The van der Waals surface area contributed by atoms with Gasteiger partial charge >= 0.3 is 5.97 Å². The third-order valence-corrected chi connectivity index (χ3v) is 3.43. The van der Waals surface area contributed by atoms with Crippen molar-refractivity contribution in [2.45, 2.75) is 19.4 Å². The minimum absolute atomic E-state index is 0.135. The van der Waals surface area contributed by atoms with Gasteiger partial charge in [0.05, 0.1) is 19.3 Å². The Morgan fingerprint density at radius 3 is 2.48 bits per heavy atom. The number of esters is 1. The van der Waals surface area contributed by atoms with Crippen molar-refractivity contribution in [3.05, 3.63) is 70.5 Å². The maximum absolute atomic E-state index is 12.9.